The lowest BCUT2D eigenvalue weighted by molar-refractivity contribution is 0.0693. The van der Waals surface area contributed by atoms with Crippen molar-refractivity contribution in [3.05, 3.63) is 23.8 Å². The van der Waals surface area contributed by atoms with Gasteiger partial charge in [0.05, 0.1) is 23.9 Å². The zero-order valence-corrected chi connectivity index (χ0v) is 13.3. The minimum Gasteiger partial charge on any atom is -0.478 e. The van der Waals surface area contributed by atoms with Crippen molar-refractivity contribution in [2.24, 2.45) is 5.92 Å². The van der Waals surface area contributed by atoms with Crippen LogP contribution in [0.15, 0.2) is 23.1 Å². The van der Waals surface area contributed by atoms with Gasteiger partial charge in [-0.2, -0.15) is 0 Å². The smallest absolute Gasteiger partial charge is 0.338 e. The van der Waals surface area contributed by atoms with Crippen LogP contribution in [0.4, 0.5) is 5.69 Å². The average Bonchev–Trinajstić information content (AvgIpc) is 2.42. The molecule has 0 aromatic heterocycles. The quantitative estimate of drug-likeness (QED) is 0.718. The third-order valence-electron chi connectivity index (χ3n) is 3.11. The Kier molecular flexibility index (Phi) is 6.88. The summed E-state index contributed by atoms with van der Waals surface area (Å²) < 4.78 is 5.47. The lowest BCUT2D eigenvalue weighted by atomic mass is 10.0. The van der Waals surface area contributed by atoms with E-state index in [-0.39, 0.29) is 6.04 Å². The molecule has 1 unspecified atom stereocenters. The lowest BCUT2D eigenvalue weighted by Gasteiger charge is -2.24. The van der Waals surface area contributed by atoms with Crippen LogP contribution in [0.1, 0.15) is 31.1 Å². The Morgan fingerprint density at radius 2 is 2.15 bits per heavy atom. The number of rotatable bonds is 8. The highest BCUT2D eigenvalue weighted by atomic mass is 32.2. The highest BCUT2D eigenvalue weighted by molar-refractivity contribution is 7.98. The number of aromatic carboxylic acids is 1. The molecule has 0 saturated carbocycles. The minimum atomic E-state index is -0.906. The van der Waals surface area contributed by atoms with Crippen molar-refractivity contribution >= 4 is 23.4 Å². The van der Waals surface area contributed by atoms with E-state index in [1.807, 2.05) is 31.4 Å². The van der Waals surface area contributed by atoms with Gasteiger partial charge < -0.3 is 15.2 Å². The summed E-state index contributed by atoms with van der Waals surface area (Å²) in [5.41, 5.74) is 0.991. The Morgan fingerprint density at radius 3 is 2.65 bits per heavy atom. The second kappa shape index (κ2) is 8.17. The second-order valence-corrected chi connectivity index (χ2v) is 5.69. The molecule has 0 saturated heterocycles. The number of carbonyl (C=O) groups is 1. The third kappa shape index (κ3) is 4.42. The number of carboxylic acid groups (broad SMARTS) is 1. The molecule has 0 aliphatic rings. The molecule has 0 fully saturated rings. The number of benzene rings is 1. The van der Waals surface area contributed by atoms with Crippen molar-refractivity contribution in [3.63, 3.8) is 0 Å². The normalized spacial score (nSPS) is 12.4. The van der Waals surface area contributed by atoms with E-state index in [0.717, 1.165) is 4.90 Å². The van der Waals surface area contributed by atoms with Gasteiger partial charge in [0.2, 0.25) is 0 Å². The van der Waals surface area contributed by atoms with Gasteiger partial charge in [-0.15, -0.1) is 11.8 Å². The predicted octanol–water partition coefficient (Wildman–Crippen LogP) is 3.58. The number of ether oxygens (including phenoxy) is 1. The molecule has 1 rings (SSSR count). The summed E-state index contributed by atoms with van der Waals surface area (Å²) in [6.45, 7) is 7.36. The van der Waals surface area contributed by atoms with Gasteiger partial charge in [-0.25, -0.2) is 4.79 Å². The predicted molar refractivity (Wildman–Crippen MR) is 83.9 cm³/mol. The average molecular weight is 297 g/mol. The van der Waals surface area contributed by atoms with Crippen LogP contribution >= 0.6 is 11.8 Å². The highest BCUT2D eigenvalue weighted by Gasteiger charge is 2.19. The Balaban J connectivity index is 3.02. The Labute approximate surface area is 124 Å². The van der Waals surface area contributed by atoms with Gasteiger partial charge >= 0.3 is 5.97 Å². The molecule has 0 heterocycles. The molecular weight excluding hydrogens is 274 g/mol. The molecule has 4 nitrogen and oxygen atoms in total. The van der Waals surface area contributed by atoms with Gasteiger partial charge in [0.25, 0.3) is 0 Å². The fourth-order valence-corrected chi connectivity index (χ4v) is 2.50. The van der Waals surface area contributed by atoms with E-state index in [2.05, 4.69) is 19.2 Å². The van der Waals surface area contributed by atoms with Gasteiger partial charge in [0.1, 0.15) is 0 Å². The first-order valence-electron chi connectivity index (χ1n) is 6.75. The van der Waals surface area contributed by atoms with E-state index in [1.165, 1.54) is 11.8 Å². The summed E-state index contributed by atoms with van der Waals surface area (Å²) in [7, 11) is 0. The number of anilines is 1. The third-order valence-corrected chi connectivity index (χ3v) is 3.89. The van der Waals surface area contributed by atoms with Gasteiger partial charge in [-0.05, 0) is 31.2 Å². The van der Waals surface area contributed by atoms with E-state index < -0.39 is 5.97 Å². The molecule has 1 aromatic carbocycles. The summed E-state index contributed by atoms with van der Waals surface area (Å²) in [4.78, 5) is 12.2. The topological polar surface area (TPSA) is 58.6 Å². The molecule has 0 amide bonds. The number of thioether (sulfide) groups is 1. The van der Waals surface area contributed by atoms with E-state index in [9.17, 15) is 9.90 Å². The Bertz CT molecular complexity index is 449. The molecule has 0 radical (unpaired) electrons. The molecule has 112 valence electrons. The molecule has 20 heavy (non-hydrogen) atoms. The van der Waals surface area contributed by atoms with Gasteiger partial charge in [-0.3, -0.25) is 0 Å². The number of hydrogen-bond donors (Lipinski definition) is 2. The monoisotopic (exact) mass is 297 g/mol. The van der Waals surface area contributed by atoms with Crippen molar-refractivity contribution in [2.45, 2.75) is 31.7 Å². The van der Waals surface area contributed by atoms with Crippen molar-refractivity contribution in [1.29, 1.82) is 0 Å². The molecular formula is C15H23NO3S. The maximum Gasteiger partial charge on any atom is 0.338 e. The maximum atomic E-state index is 11.5. The van der Waals surface area contributed by atoms with Crippen molar-refractivity contribution in [3.8, 4) is 0 Å². The Morgan fingerprint density at radius 1 is 1.45 bits per heavy atom. The summed E-state index contributed by atoms with van der Waals surface area (Å²) in [5.74, 6) is -0.558. The van der Waals surface area contributed by atoms with Gasteiger partial charge in [0.15, 0.2) is 0 Å². The standard InChI is InChI=1S/C15H23NO3S/c1-5-19-9-12(10(2)3)16-11-7-6-8-13(20-4)14(11)15(17)18/h6-8,10,12,16H,5,9H2,1-4H3,(H,17,18). The first-order valence-corrected chi connectivity index (χ1v) is 7.98. The van der Waals surface area contributed by atoms with Crippen LogP contribution in [-0.4, -0.2) is 36.6 Å². The number of carboxylic acids is 1. The first kappa shape index (κ1) is 16.9. The van der Waals surface area contributed by atoms with E-state index in [0.29, 0.717) is 30.4 Å². The van der Waals surface area contributed by atoms with E-state index in [4.69, 9.17) is 4.74 Å². The summed E-state index contributed by atoms with van der Waals surface area (Å²) >= 11 is 1.44. The SMILES string of the molecule is CCOCC(Nc1cccc(SC)c1C(=O)O)C(C)C. The largest absolute Gasteiger partial charge is 0.478 e. The summed E-state index contributed by atoms with van der Waals surface area (Å²) in [6.07, 6.45) is 1.88. The molecule has 0 aliphatic carbocycles. The fourth-order valence-electron chi connectivity index (χ4n) is 1.89. The molecule has 0 aliphatic heterocycles. The van der Waals surface area contributed by atoms with Crippen LogP contribution in [0.3, 0.4) is 0 Å². The fraction of sp³-hybridized carbons (Fsp3) is 0.533. The van der Waals surface area contributed by atoms with Crippen LogP contribution < -0.4 is 5.32 Å². The van der Waals surface area contributed by atoms with Crippen molar-refractivity contribution in [1.82, 2.24) is 0 Å². The van der Waals surface area contributed by atoms with Crippen LogP contribution in [0.25, 0.3) is 0 Å². The van der Waals surface area contributed by atoms with Crippen molar-refractivity contribution < 1.29 is 14.6 Å². The first-order chi connectivity index (χ1) is 9.51. The van der Waals surface area contributed by atoms with E-state index in [1.54, 1.807) is 0 Å². The van der Waals surface area contributed by atoms with Crippen LogP contribution in [0, 0.1) is 5.92 Å². The van der Waals surface area contributed by atoms with Crippen molar-refractivity contribution in [2.75, 3.05) is 24.8 Å². The molecule has 1 atom stereocenters. The van der Waals surface area contributed by atoms with E-state index >= 15 is 0 Å². The summed E-state index contributed by atoms with van der Waals surface area (Å²) in [5, 5.41) is 12.7. The molecule has 2 N–H and O–H groups in total. The zero-order chi connectivity index (χ0) is 15.1. The molecule has 5 heteroatoms. The molecule has 1 aromatic rings. The number of hydrogen-bond acceptors (Lipinski definition) is 4. The summed E-state index contributed by atoms with van der Waals surface area (Å²) in [6, 6.07) is 5.60. The van der Waals surface area contributed by atoms with Gasteiger partial charge in [0, 0.05) is 11.5 Å². The van der Waals surface area contributed by atoms with Crippen LogP contribution in [-0.2, 0) is 4.74 Å². The maximum absolute atomic E-state index is 11.5. The molecule has 0 bridgehead atoms. The zero-order valence-electron chi connectivity index (χ0n) is 12.5. The van der Waals surface area contributed by atoms with Crippen LogP contribution in [0.5, 0.6) is 0 Å². The number of nitrogens with one attached hydrogen (secondary N) is 1. The van der Waals surface area contributed by atoms with Gasteiger partial charge in [-0.1, -0.05) is 19.9 Å². The minimum absolute atomic E-state index is 0.0881. The lowest BCUT2D eigenvalue weighted by Crippen LogP contribution is -2.31. The molecule has 0 spiro atoms. The second-order valence-electron chi connectivity index (χ2n) is 4.84. The van der Waals surface area contributed by atoms with Crippen LogP contribution in [0.2, 0.25) is 0 Å². The highest BCUT2D eigenvalue weighted by Crippen LogP contribution is 2.28. The Hall–Kier alpha value is -1.20.